The fraction of sp³-hybridized carbons (Fsp3) is 0.0800. The van der Waals surface area contributed by atoms with E-state index in [4.69, 9.17) is 23.2 Å². The average molecular weight is 634 g/mol. The van der Waals surface area contributed by atoms with Crippen LogP contribution in [0.5, 0.6) is 0 Å². The third kappa shape index (κ3) is 5.30. The molecule has 3 heterocycles. The molecule has 1 unspecified atom stereocenters. The second kappa shape index (κ2) is 10.9. The Labute approximate surface area is 238 Å². The van der Waals surface area contributed by atoms with Gasteiger partial charge in [0, 0.05) is 38.2 Å². The number of amides is 1. The van der Waals surface area contributed by atoms with Crippen molar-refractivity contribution in [3.8, 4) is 0 Å². The van der Waals surface area contributed by atoms with Gasteiger partial charge in [-0.2, -0.15) is 0 Å². The first-order valence-electron chi connectivity index (χ1n) is 10.7. The zero-order chi connectivity index (χ0) is 26.1. The van der Waals surface area contributed by atoms with Gasteiger partial charge < -0.3 is 5.11 Å². The van der Waals surface area contributed by atoms with Crippen LogP contribution >= 0.6 is 62.2 Å². The number of anilines is 1. The summed E-state index contributed by atoms with van der Waals surface area (Å²) < 4.78 is 1.42. The monoisotopic (exact) mass is 632 g/mol. The lowest BCUT2D eigenvalue weighted by Crippen LogP contribution is -2.29. The highest BCUT2D eigenvalue weighted by Crippen LogP contribution is 2.44. The van der Waals surface area contributed by atoms with E-state index in [0.717, 1.165) is 10.0 Å². The van der Waals surface area contributed by atoms with Gasteiger partial charge in [-0.3, -0.25) is 19.5 Å². The van der Waals surface area contributed by atoms with Crippen LogP contribution in [-0.2, 0) is 15.3 Å². The predicted octanol–water partition coefficient (Wildman–Crippen LogP) is 6.92. The van der Waals surface area contributed by atoms with E-state index in [-0.39, 0.29) is 16.5 Å². The van der Waals surface area contributed by atoms with Crippen LogP contribution < -0.4 is 4.90 Å². The summed E-state index contributed by atoms with van der Waals surface area (Å²) >= 11 is 18.2. The van der Waals surface area contributed by atoms with Gasteiger partial charge in [0.15, 0.2) is 4.34 Å². The maximum absolute atomic E-state index is 13.3. The summed E-state index contributed by atoms with van der Waals surface area (Å²) in [4.78, 5) is 31.7. The van der Waals surface area contributed by atoms with E-state index in [1.165, 1.54) is 40.4 Å². The normalized spacial score (nSPS) is 16.9. The molecular formula is C25H15BrCl2N4O3S2. The maximum atomic E-state index is 13.3. The first-order chi connectivity index (χ1) is 17.8. The Balaban J connectivity index is 1.52. The molecule has 186 valence electrons. The molecule has 0 aliphatic carbocycles. The topological polar surface area (TPSA) is 96.3 Å². The molecule has 5 rings (SSSR count). The van der Waals surface area contributed by atoms with E-state index < -0.39 is 17.7 Å². The van der Waals surface area contributed by atoms with Crippen LogP contribution in [0.1, 0.15) is 22.7 Å². The van der Waals surface area contributed by atoms with Gasteiger partial charge >= 0.3 is 5.91 Å². The lowest BCUT2D eigenvalue weighted by atomic mass is 9.96. The number of hydrogen-bond donors (Lipinski definition) is 1. The number of Topliss-reactive ketones (excluding diaryl/α,β-unsaturated/α-hetero) is 1. The third-order valence-corrected chi connectivity index (χ3v) is 8.77. The average Bonchev–Trinajstić information content (AvgIpc) is 3.46. The van der Waals surface area contributed by atoms with Crippen LogP contribution in [0.15, 0.2) is 81.4 Å². The number of carbonyl (C=O) groups excluding carboxylic acids is 2. The van der Waals surface area contributed by atoms with Crippen LogP contribution in [0.2, 0.25) is 10.0 Å². The molecule has 1 saturated heterocycles. The molecule has 1 amide bonds. The third-order valence-electron chi connectivity index (χ3n) is 5.55. The molecule has 2 aromatic carbocycles. The summed E-state index contributed by atoms with van der Waals surface area (Å²) in [6.45, 7) is 0. The summed E-state index contributed by atoms with van der Waals surface area (Å²) in [6, 6.07) is 14.7. The van der Waals surface area contributed by atoms with Crippen molar-refractivity contribution in [3.05, 3.63) is 104 Å². The minimum Gasteiger partial charge on any atom is -0.507 e. The highest BCUT2D eigenvalue weighted by atomic mass is 79.9. The van der Waals surface area contributed by atoms with Crippen molar-refractivity contribution in [2.45, 2.75) is 16.1 Å². The number of thioether (sulfide) groups is 1. The maximum Gasteiger partial charge on any atom is 0.301 e. The summed E-state index contributed by atoms with van der Waals surface area (Å²) in [5, 5.41) is 20.9. The molecule has 37 heavy (non-hydrogen) atoms. The van der Waals surface area contributed by atoms with E-state index in [1.807, 2.05) is 6.07 Å². The van der Waals surface area contributed by atoms with Crippen LogP contribution in [0.4, 0.5) is 5.13 Å². The summed E-state index contributed by atoms with van der Waals surface area (Å²) in [7, 11) is 0. The highest BCUT2D eigenvalue weighted by Gasteiger charge is 2.48. The molecule has 1 aliphatic rings. The number of nitrogens with zero attached hydrogens (tertiary/aromatic N) is 4. The van der Waals surface area contributed by atoms with Gasteiger partial charge in [-0.15, -0.1) is 10.2 Å². The molecule has 4 aromatic rings. The van der Waals surface area contributed by atoms with Crippen molar-refractivity contribution in [2.75, 3.05) is 4.90 Å². The molecule has 1 N–H and O–H groups in total. The standard InChI is InChI=1S/C25H15BrCl2N4O3S2/c26-16-4-1-13(2-5-16)20-19(21(33)14-7-9-29-10-8-14)22(34)23(35)32(20)24-30-31-25(37-24)36-12-15-3-6-17(27)11-18(15)28/h1-11,20,33H,12H2. The van der Waals surface area contributed by atoms with Gasteiger partial charge in [-0.25, -0.2) is 0 Å². The minimum absolute atomic E-state index is 0.0316. The number of hydrogen-bond acceptors (Lipinski definition) is 8. The van der Waals surface area contributed by atoms with E-state index in [2.05, 4.69) is 31.1 Å². The zero-order valence-corrected chi connectivity index (χ0v) is 23.4. The molecule has 0 saturated carbocycles. The molecule has 1 fully saturated rings. The van der Waals surface area contributed by atoms with E-state index in [9.17, 15) is 14.7 Å². The highest BCUT2D eigenvalue weighted by molar-refractivity contribution is 9.10. The number of pyridine rings is 1. The SMILES string of the molecule is O=C1C(=O)N(c2nnc(SCc3ccc(Cl)cc3Cl)s2)C(c2ccc(Br)cc2)C1=C(O)c1ccncc1. The molecule has 0 spiro atoms. The fourth-order valence-electron chi connectivity index (χ4n) is 3.79. The molecule has 7 nitrogen and oxygen atoms in total. The first-order valence-corrected chi connectivity index (χ1v) is 14.1. The Kier molecular flexibility index (Phi) is 7.64. The van der Waals surface area contributed by atoms with Crippen LogP contribution in [0.25, 0.3) is 5.76 Å². The van der Waals surface area contributed by atoms with Crippen molar-refractivity contribution in [1.29, 1.82) is 0 Å². The number of aliphatic hydroxyl groups is 1. The van der Waals surface area contributed by atoms with Gasteiger partial charge in [0.05, 0.1) is 11.6 Å². The lowest BCUT2D eigenvalue weighted by molar-refractivity contribution is -0.132. The van der Waals surface area contributed by atoms with Gasteiger partial charge in [0.25, 0.3) is 5.78 Å². The second-order valence-electron chi connectivity index (χ2n) is 7.83. The molecule has 2 aromatic heterocycles. The molecule has 0 radical (unpaired) electrons. The number of benzene rings is 2. The van der Waals surface area contributed by atoms with Gasteiger partial charge in [0.2, 0.25) is 5.13 Å². The fourth-order valence-corrected chi connectivity index (χ4v) is 6.48. The molecule has 1 atom stereocenters. The number of aromatic nitrogens is 3. The van der Waals surface area contributed by atoms with Crippen molar-refractivity contribution >= 4 is 84.8 Å². The van der Waals surface area contributed by atoms with E-state index in [0.29, 0.717) is 31.3 Å². The smallest absolute Gasteiger partial charge is 0.301 e. The van der Waals surface area contributed by atoms with Crippen molar-refractivity contribution in [2.24, 2.45) is 0 Å². The molecule has 0 bridgehead atoms. The van der Waals surface area contributed by atoms with Gasteiger partial charge in [0.1, 0.15) is 5.76 Å². The van der Waals surface area contributed by atoms with Crippen LogP contribution in [0, 0.1) is 0 Å². The van der Waals surface area contributed by atoms with Crippen molar-refractivity contribution < 1.29 is 14.7 Å². The van der Waals surface area contributed by atoms with Crippen LogP contribution in [-0.4, -0.2) is 32.0 Å². The predicted molar refractivity (Wildman–Crippen MR) is 149 cm³/mol. The summed E-state index contributed by atoms with van der Waals surface area (Å²) in [5.74, 6) is -1.37. The quantitative estimate of drug-likeness (QED) is 0.0809. The number of carbonyl (C=O) groups is 2. The largest absolute Gasteiger partial charge is 0.507 e. The molecular weight excluding hydrogens is 619 g/mol. The minimum atomic E-state index is -0.891. The van der Waals surface area contributed by atoms with E-state index in [1.54, 1.807) is 48.5 Å². The van der Waals surface area contributed by atoms with Crippen molar-refractivity contribution in [3.63, 3.8) is 0 Å². The number of ketones is 1. The van der Waals surface area contributed by atoms with Crippen LogP contribution in [0.3, 0.4) is 0 Å². The van der Waals surface area contributed by atoms with Gasteiger partial charge in [-0.1, -0.05) is 80.4 Å². The Morgan fingerprint density at radius 1 is 1.05 bits per heavy atom. The first kappa shape index (κ1) is 25.9. The number of aliphatic hydroxyl groups excluding tert-OH is 1. The second-order valence-corrected chi connectivity index (χ2v) is 11.8. The Hall–Kier alpha value is -2.76. The molecule has 12 heteroatoms. The number of rotatable bonds is 6. The lowest BCUT2D eigenvalue weighted by Gasteiger charge is -2.22. The summed E-state index contributed by atoms with van der Waals surface area (Å²) in [5.41, 5.74) is 1.86. The Morgan fingerprint density at radius 2 is 1.78 bits per heavy atom. The number of halogens is 3. The van der Waals surface area contributed by atoms with E-state index >= 15 is 0 Å². The Bertz CT molecular complexity index is 1530. The molecule has 1 aliphatic heterocycles. The zero-order valence-electron chi connectivity index (χ0n) is 18.6. The van der Waals surface area contributed by atoms with Gasteiger partial charge in [-0.05, 0) is 47.5 Å². The van der Waals surface area contributed by atoms with Crippen molar-refractivity contribution in [1.82, 2.24) is 15.2 Å². The Morgan fingerprint density at radius 3 is 2.49 bits per heavy atom. The summed E-state index contributed by atoms with van der Waals surface area (Å²) in [6.07, 6.45) is 3.00.